The van der Waals surface area contributed by atoms with E-state index in [-0.39, 0.29) is 17.2 Å². The number of nitrogens with zero attached hydrogens (tertiary/aromatic N) is 3. The van der Waals surface area contributed by atoms with Crippen molar-refractivity contribution in [2.24, 2.45) is 0 Å². The summed E-state index contributed by atoms with van der Waals surface area (Å²) in [4.78, 5) is 41.6. The summed E-state index contributed by atoms with van der Waals surface area (Å²) in [7, 11) is 1.61. The van der Waals surface area contributed by atoms with Gasteiger partial charge in [0.2, 0.25) is 0 Å². The number of aryl methyl sites for hydroxylation is 1. The van der Waals surface area contributed by atoms with Gasteiger partial charge in [0, 0.05) is 30.7 Å². The number of thiazole rings is 1. The third-order valence-electron chi connectivity index (χ3n) is 4.20. The Labute approximate surface area is 187 Å². The van der Waals surface area contributed by atoms with E-state index in [1.807, 2.05) is 42.6 Å². The molecule has 2 aromatic carbocycles. The zero-order chi connectivity index (χ0) is 22.4. The maximum Gasteiger partial charge on any atom is 0.338 e. The number of nitro groups is 1. The van der Waals surface area contributed by atoms with Crippen molar-refractivity contribution >= 4 is 40.7 Å². The number of benzene rings is 2. The summed E-state index contributed by atoms with van der Waals surface area (Å²) in [6.07, 6.45) is 0. The lowest BCUT2D eigenvalue weighted by Crippen LogP contribution is -2.30. The molecule has 3 aromatic rings. The van der Waals surface area contributed by atoms with Crippen LogP contribution in [-0.2, 0) is 16.1 Å². The number of likely N-dealkylation sites (N-methyl/N-ethyl adjacent to an activating group) is 1. The number of esters is 1. The number of amides is 1. The molecule has 0 unspecified atom stereocenters. The van der Waals surface area contributed by atoms with Crippen molar-refractivity contribution in [2.45, 2.75) is 22.7 Å². The van der Waals surface area contributed by atoms with Crippen LogP contribution < -0.4 is 0 Å². The number of hydrogen-bond donors (Lipinski definition) is 0. The predicted molar refractivity (Wildman–Crippen MR) is 117 cm³/mol. The standard InChI is InChI=1S/C21H19N3O5S2/c1-14-13-30-21(22-14)31-18-9-8-16(10-17(18)24(27)28)20(26)29-12-19(25)23(2)11-15-6-4-3-5-7-15/h3-10,13H,11-12H2,1-2H3. The Balaban J connectivity index is 1.63. The minimum atomic E-state index is -0.800. The molecular weight excluding hydrogens is 438 g/mol. The summed E-state index contributed by atoms with van der Waals surface area (Å²) < 4.78 is 5.74. The lowest BCUT2D eigenvalue weighted by molar-refractivity contribution is -0.387. The number of carbonyl (C=O) groups is 2. The topological polar surface area (TPSA) is 103 Å². The lowest BCUT2D eigenvalue weighted by atomic mass is 10.2. The van der Waals surface area contributed by atoms with Crippen molar-refractivity contribution in [3.8, 4) is 0 Å². The summed E-state index contributed by atoms with van der Waals surface area (Å²) in [5.41, 5.74) is 1.56. The van der Waals surface area contributed by atoms with Gasteiger partial charge < -0.3 is 9.64 Å². The second-order valence-corrected chi connectivity index (χ2v) is 8.76. The molecule has 1 aromatic heterocycles. The van der Waals surface area contributed by atoms with E-state index in [2.05, 4.69) is 4.98 Å². The smallest absolute Gasteiger partial charge is 0.338 e. The fourth-order valence-corrected chi connectivity index (χ4v) is 4.49. The van der Waals surface area contributed by atoms with E-state index in [1.165, 1.54) is 28.4 Å². The zero-order valence-electron chi connectivity index (χ0n) is 16.8. The van der Waals surface area contributed by atoms with E-state index >= 15 is 0 Å². The number of nitro benzene ring substituents is 1. The van der Waals surface area contributed by atoms with Gasteiger partial charge in [-0.15, -0.1) is 11.3 Å². The van der Waals surface area contributed by atoms with Crippen LogP contribution in [-0.4, -0.2) is 40.3 Å². The molecule has 1 amide bonds. The van der Waals surface area contributed by atoms with Crippen LogP contribution in [0, 0.1) is 17.0 Å². The molecule has 0 N–H and O–H groups in total. The summed E-state index contributed by atoms with van der Waals surface area (Å²) in [6.45, 7) is 1.77. The van der Waals surface area contributed by atoms with Gasteiger partial charge in [-0.05, 0) is 24.6 Å². The van der Waals surface area contributed by atoms with E-state index in [1.54, 1.807) is 7.05 Å². The second-order valence-electron chi connectivity index (χ2n) is 6.61. The number of carbonyl (C=O) groups excluding carboxylic acids is 2. The molecule has 0 radical (unpaired) electrons. The molecule has 0 aliphatic heterocycles. The van der Waals surface area contributed by atoms with Gasteiger partial charge in [-0.1, -0.05) is 42.1 Å². The molecule has 1 heterocycles. The highest BCUT2D eigenvalue weighted by molar-refractivity contribution is 8.01. The molecule has 0 bridgehead atoms. The van der Waals surface area contributed by atoms with Crippen molar-refractivity contribution in [2.75, 3.05) is 13.7 Å². The summed E-state index contributed by atoms with van der Waals surface area (Å²) in [5, 5.41) is 13.3. The van der Waals surface area contributed by atoms with Crippen LogP contribution in [0.5, 0.6) is 0 Å². The van der Waals surface area contributed by atoms with Gasteiger partial charge in [-0.25, -0.2) is 9.78 Å². The molecule has 8 nitrogen and oxygen atoms in total. The van der Waals surface area contributed by atoms with Gasteiger partial charge in [0.1, 0.15) is 0 Å². The number of hydrogen-bond acceptors (Lipinski definition) is 8. The maximum absolute atomic E-state index is 12.3. The Kier molecular flexibility index (Phi) is 7.37. The van der Waals surface area contributed by atoms with Gasteiger partial charge >= 0.3 is 5.97 Å². The highest BCUT2D eigenvalue weighted by Gasteiger charge is 2.21. The first-order valence-electron chi connectivity index (χ1n) is 9.17. The third kappa shape index (κ3) is 6.12. The summed E-state index contributed by atoms with van der Waals surface area (Å²) >= 11 is 2.54. The summed E-state index contributed by atoms with van der Waals surface area (Å²) in [5.74, 6) is -1.18. The first-order chi connectivity index (χ1) is 14.8. The van der Waals surface area contributed by atoms with Gasteiger partial charge in [-0.3, -0.25) is 14.9 Å². The normalized spacial score (nSPS) is 10.5. The van der Waals surface area contributed by atoms with Gasteiger partial charge in [0.25, 0.3) is 11.6 Å². The first-order valence-corrected chi connectivity index (χ1v) is 10.9. The Morgan fingerprint density at radius 2 is 1.97 bits per heavy atom. The van der Waals surface area contributed by atoms with E-state index in [9.17, 15) is 19.7 Å². The molecule has 0 atom stereocenters. The van der Waals surface area contributed by atoms with Gasteiger partial charge in [0.05, 0.1) is 15.4 Å². The van der Waals surface area contributed by atoms with Crippen LogP contribution in [0.25, 0.3) is 0 Å². The molecule has 0 spiro atoms. The minimum Gasteiger partial charge on any atom is -0.452 e. The molecular formula is C21H19N3O5S2. The fraction of sp³-hybridized carbons (Fsp3) is 0.190. The molecule has 10 heteroatoms. The van der Waals surface area contributed by atoms with Crippen LogP contribution in [0.15, 0.2) is 63.1 Å². The quantitative estimate of drug-likeness (QED) is 0.282. The SMILES string of the molecule is Cc1csc(Sc2ccc(C(=O)OCC(=O)N(C)Cc3ccccc3)cc2[N+](=O)[O-])n1. The number of ether oxygens (including phenoxy) is 1. The highest BCUT2D eigenvalue weighted by atomic mass is 32.2. The van der Waals surface area contributed by atoms with E-state index in [0.717, 1.165) is 29.1 Å². The molecule has 160 valence electrons. The van der Waals surface area contributed by atoms with Crippen molar-refractivity contribution < 1.29 is 19.2 Å². The Morgan fingerprint density at radius 1 is 1.23 bits per heavy atom. The predicted octanol–water partition coefficient (Wildman–Crippen LogP) is 4.33. The molecule has 0 saturated carbocycles. The van der Waals surface area contributed by atoms with Crippen molar-refractivity contribution in [3.63, 3.8) is 0 Å². The average Bonchev–Trinajstić information content (AvgIpc) is 3.17. The van der Waals surface area contributed by atoms with Crippen LogP contribution in [0.4, 0.5) is 5.69 Å². The van der Waals surface area contributed by atoms with Crippen molar-refractivity contribution in [3.05, 3.63) is 80.8 Å². The molecule has 0 saturated heterocycles. The largest absolute Gasteiger partial charge is 0.452 e. The van der Waals surface area contributed by atoms with E-state index < -0.39 is 17.5 Å². The zero-order valence-corrected chi connectivity index (χ0v) is 18.4. The van der Waals surface area contributed by atoms with E-state index in [4.69, 9.17) is 4.74 Å². The van der Waals surface area contributed by atoms with Gasteiger partial charge in [0.15, 0.2) is 10.9 Å². The molecule has 0 aliphatic rings. The Bertz CT molecular complexity index is 1100. The second kappa shape index (κ2) is 10.2. The molecule has 3 rings (SSSR count). The number of aromatic nitrogens is 1. The number of rotatable bonds is 8. The average molecular weight is 458 g/mol. The van der Waals surface area contributed by atoms with Crippen LogP contribution in [0.2, 0.25) is 0 Å². The van der Waals surface area contributed by atoms with Crippen LogP contribution in [0.1, 0.15) is 21.6 Å². The summed E-state index contributed by atoms with van der Waals surface area (Å²) in [6, 6.07) is 13.5. The minimum absolute atomic E-state index is 0.00452. The molecule has 31 heavy (non-hydrogen) atoms. The monoisotopic (exact) mass is 457 g/mol. The van der Waals surface area contributed by atoms with Crippen molar-refractivity contribution in [1.29, 1.82) is 0 Å². The van der Waals surface area contributed by atoms with Crippen molar-refractivity contribution in [1.82, 2.24) is 9.88 Å². The van der Waals surface area contributed by atoms with E-state index in [0.29, 0.717) is 15.8 Å². The molecule has 0 fully saturated rings. The Hall–Kier alpha value is -3.24. The lowest BCUT2D eigenvalue weighted by Gasteiger charge is -2.17. The molecule has 0 aliphatic carbocycles. The fourth-order valence-electron chi connectivity index (χ4n) is 2.61. The maximum atomic E-state index is 12.3. The third-order valence-corrected chi connectivity index (χ3v) is 6.32. The van der Waals surface area contributed by atoms with Crippen LogP contribution >= 0.6 is 23.1 Å². The van der Waals surface area contributed by atoms with Gasteiger partial charge in [-0.2, -0.15) is 0 Å². The highest BCUT2D eigenvalue weighted by Crippen LogP contribution is 2.36. The van der Waals surface area contributed by atoms with Crippen LogP contribution in [0.3, 0.4) is 0 Å². The first kappa shape index (κ1) is 22.4. The Morgan fingerprint density at radius 3 is 2.61 bits per heavy atom.